The van der Waals surface area contributed by atoms with E-state index in [1.165, 1.54) is 29.2 Å². The molecule has 0 spiro atoms. The smallest absolute Gasteiger partial charge is 0.264 e. The molecule has 4 aromatic carbocycles. The normalized spacial score (nSPS) is 11.9. The maximum absolute atomic E-state index is 14.4. The van der Waals surface area contributed by atoms with Crippen LogP contribution in [0.5, 0.6) is 0 Å². The summed E-state index contributed by atoms with van der Waals surface area (Å²) in [6, 6.07) is 29.0. The fourth-order valence-corrected chi connectivity index (χ4v) is 6.42. The van der Waals surface area contributed by atoms with Crippen molar-refractivity contribution >= 4 is 27.5 Å². The van der Waals surface area contributed by atoms with Gasteiger partial charge in [-0.15, -0.1) is 0 Å². The number of hydrogen-bond acceptors (Lipinski definition) is 4. The third-order valence-corrected chi connectivity index (χ3v) is 9.14. The molecule has 0 saturated heterocycles. The standard InChI is InChI=1S/C35H38FN3O4S/c1-3-4-23-37-35(41)33(24-28-14-7-5-8-15-28)38(25-29-19-21-30(36)22-20-29)34(40)26-39(32-18-12-11-13-27(32)2)44(42,43)31-16-9-6-10-17-31/h5-22,33H,3-4,23-26H2,1-2H3,(H,37,41)/t33-/m0/s1. The summed E-state index contributed by atoms with van der Waals surface area (Å²) in [5, 5.41) is 2.96. The molecule has 0 saturated carbocycles. The number of unbranched alkanes of at least 4 members (excludes halogenated alkanes) is 1. The highest BCUT2D eigenvalue weighted by Crippen LogP contribution is 2.27. The lowest BCUT2D eigenvalue weighted by Gasteiger charge is -2.34. The van der Waals surface area contributed by atoms with Crippen LogP contribution in [0.15, 0.2) is 114 Å². The first-order chi connectivity index (χ1) is 21.2. The first-order valence-corrected chi connectivity index (χ1v) is 16.1. The Labute approximate surface area is 259 Å². The van der Waals surface area contributed by atoms with Crippen LogP contribution >= 0.6 is 0 Å². The average Bonchev–Trinajstić information content (AvgIpc) is 3.03. The summed E-state index contributed by atoms with van der Waals surface area (Å²) in [6.45, 7) is 3.67. The zero-order chi connectivity index (χ0) is 31.5. The Hall–Kier alpha value is -4.50. The molecule has 7 nitrogen and oxygen atoms in total. The molecule has 0 fully saturated rings. The van der Waals surface area contributed by atoms with Crippen LogP contribution in [0, 0.1) is 12.7 Å². The van der Waals surface area contributed by atoms with E-state index < -0.39 is 34.3 Å². The summed E-state index contributed by atoms with van der Waals surface area (Å²) in [4.78, 5) is 29.6. The van der Waals surface area contributed by atoms with Crippen molar-refractivity contribution in [2.45, 2.75) is 50.6 Å². The van der Waals surface area contributed by atoms with Crippen molar-refractivity contribution in [2.24, 2.45) is 0 Å². The van der Waals surface area contributed by atoms with Crippen molar-refractivity contribution in [3.05, 3.63) is 132 Å². The molecule has 0 heterocycles. The molecule has 0 radical (unpaired) electrons. The number of rotatable bonds is 14. The van der Waals surface area contributed by atoms with E-state index in [2.05, 4.69) is 5.32 Å². The van der Waals surface area contributed by atoms with E-state index in [-0.39, 0.29) is 23.8 Å². The maximum Gasteiger partial charge on any atom is 0.264 e. The van der Waals surface area contributed by atoms with E-state index in [0.29, 0.717) is 23.4 Å². The van der Waals surface area contributed by atoms with Gasteiger partial charge >= 0.3 is 0 Å². The number of nitrogens with zero attached hydrogens (tertiary/aromatic N) is 2. The molecule has 4 aromatic rings. The van der Waals surface area contributed by atoms with Crippen molar-refractivity contribution < 1.29 is 22.4 Å². The second-order valence-corrected chi connectivity index (χ2v) is 12.5. The van der Waals surface area contributed by atoms with Crippen LogP contribution in [0.3, 0.4) is 0 Å². The summed E-state index contributed by atoms with van der Waals surface area (Å²) >= 11 is 0. The van der Waals surface area contributed by atoms with Gasteiger partial charge in [0.1, 0.15) is 18.4 Å². The lowest BCUT2D eigenvalue weighted by atomic mass is 10.0. The summed E-state index contributed by atoms with van der Waals surface area (Å²) < 4.78 is 43.0. The summed E-state index contributed by atoms with van der Waals surface area (Å²) in [6.07, 6.45) is 1.86. The Bertz CT molecular complexity index is 1630. The number of anilines is 1. The fraction of sp³-hybridized carbons (Fsp3) is 0.257. The number of hydrogen-bond donors (Lipinski definition) is 1. The largest absolute Gasteiger partial charge is 0.354 e. The van der Waals surface area contributed by atoms with E-state index in [1.54, 1.807) is 61.5 Å². The molecular weight excluding hydrogens is 577 g/mol. The predicted molar refractivity (Wildman–Crippen MR) is 171 cm³/mol. The minimum absolute atomic E-state index is 0.0230. The lowest BCUT2D eigenvalue weighted by molar-refractivity contribution is -0.140. The Balaban J connectivity index is 1.78. The van der Waals surface area contributed by atoms with Gasteiger partial charge in [-0.1, -0.05) is 92.2 Å². The SMILES string of the molecule is CCCCNC(=O)[C@H](Cc1ccccc1)N(Cc1ccc(F)cc1)C(=O)CN(c1ccccc1C)S(=O)(=O)c1ccccc1. The topological polar surface area (TPSA) is 86.8 Å². The lowest BCUT2D eigenvalue weighted by Crippen LogP contribution is -2.53. The van der Waals surface area contributed by atoms with Crippen LogP contribution in [0.1, 0.15) is 36.5 Å². The molecule has 0 aliphatic rings. The minimum Gasteiger partial charge on any atom is -0.354 e. The van der Waals surface area contributed by atoms with E-state index in [4.69, 9.17) is 0 Å². The molecular formula is C35H38FN3O4S. The van der Waals surface area contributed by atoms with Gasteiger partial charge in [0.25, 0.3) is 10.0 Å². The molecule has 0 unspecified atom stereocenters. The van der Waals surface area contributed by atoms with E-state index in [1.807, 2.05) is 37.3 Å². The second-order valence-electron chi connectivity index (χ2n) is 10.6. The summed E-state index contributed by atoms with van der Waals surface area (Å²) in [5.41, 5.74) is 2.47. The zero-order valence-corrected chi connectivity index (χ0v) is 25.8. The van der Waals surface area contributed by atoms with Crippen LogP contribution in [0.4, 0.5) is 10.1 Å². The van der Waals surface area contributed by atoms with Crippen LogP contribution in [-0.2, 0) is 32.6 Å². The Morgan fingerprint density at radius 1 is 0.818 bits per heavy atom. The van der Waals surface area contributed by atoms with Gasteiger partial charge in [0.2, 0.25) is 11.8 Å². The van der Waals surface area contributed by atoms with Gasteiger partial charge in [-0.05, 0) is 60.4 Å². The van der Waals surface area contributed by atoms with Gasteiger partial charge in [-0.25, -0.2) is 12.8 Å². The predicted octanol–water partition coefficient (Wildman–Crippen LogP) is 5.89. The molecule has 1 N–H and O–H groups in total. The van der Waals surface area contributed by atoms with E-state index in [9.17, 15) is 22.4 Å². The van der Waals surface area contributed by atoms with Gasteiger partial charge in [-0.2, -0.15) is 0 Å². The molecule has 2 amide bonds. The monoisotopic (exact) mass is 615 g/mol. The number of benzene rings is 4. The molecule has 1 atom stereocenters. The van der Waals surface area contributed by atoms with Gasteiger partial charge < -0.3 is 10.2 Å². The highest BCUT2D eigenvalue weighted by atomic mass is 32.2. The number of para-hydroxylation sites is 1. The van der Waals surface area contributed by atoms with Crippen LogP contribution < -0.4 is 9.62 Å². The first kappa shape index (κ1) is 32.4. The number of amides is 2. The molecule has 0 bridgehead atoms. The molecule has 230 valence electrons. The van der Waals surface area contributed by atoms with Crippen molar-refractivity contribution in [3.63, 3.8) is 0 Å². The number of sulfonamides is 1. The minimum atomic E-state index is -4.17. The molecule has 0 aromatic heterocycles. The Morgan fingerprint density at radius 2 is 1.43 bits per heavy atom. The van der Waals surface area contributed by atoms with Gasteiger partial charge in [0, 0.05) is 19.5 Å². The van der Waals surface area contributed by atoms with Crippen LogP contribution in [-0.4, -0.2) is 44.3 Å². The number of aryl methyl sites for hydroxylation is 1. The van der Waals surface area contributed by atoms with Gasteiger partial charge in [0.05, 0.1) is 10.6 Å². The summed E-state index contributed by atoms with van der Waals surface area (Å²) in [5.74, 6) is -1.33. The number of carbonyl (C=O) groups is 2. The Kier molecular flexibility index (Phi) is 11.3. The number of carbonyl (C=O) groups excluding carboxylic acids is 2. The Morgan fingerprint density at radius 3 is 2.07 bits per heavy atom. The number of nitrogens with one attached hydrogen (secondary N) is 1. The fourth-order valence-electron chi connectivity index (χ4n) is 4.92. The molecule has 9 heteroatoms. The van der Waals surface area contributed by atoms with Crippen LogP contribution in [0.2, 0.25) is 0 Å². The third-order valence-electron chi connectivity index (χ3n) is 7.36. The maximum atomic E-state index is 14.4. The van der Waals surface area contributed by atoms with Crippen molar-refractivity contribution in [3.8, 4) is 0 Å². The van der Waals surface area contributed by atoms with Crippen molar-refractivity contribution in [1.29, 1.82) is 0 Å². The highest BCUT2D eigenvalue weighted by molar-refractivity contribution is 7.92. The van der Waals surface area contributed by atoms with Crippen molar-refractivity contribution in [1.82, 2.24) is 10.2 Å². The average molecular weight is 616 g/mol. The van der Waals surface area contributed by atoms with E-state index in [0.717, 1.165) is 22.7 Å². The molecule has 0 aliphatic heterocycles. The first-order valence-electron chi connectivity index (χ1n) is 14.7. The third kappa shape index (κ3) is 8.32. The summed E-state index contributed by atoms with van der Waals surface area (Å²) in [7, 11) is -4.17. The van der Waals surface area contributed by atoms with Crippen molar-refractivity contribution in [2.75, 3.05) is 17.4 Å². The quantitative estimate of drug-likeness (QED) is 0.179. The van der Waals surface area contributed by atoms with Gasteiger partial charge in [-0.3, -0.25) is 13.9 Å². The molecule has 4 rings (SSSR count). The zero-order valence-electron chi connectivity index (χ0n) is 25.0. The van der Waals surface area contributed by atoms with Crippen LogP contribution in [0.25, 0.3) is 0 Å². The molecule has 0 aliphatic carbocycles. The van der Waals surface area contributed by atoms with E-state index >= 15 is 0 Å². The second kappa shape index (κ2) is 15.3. The van der Waals surface area contributed by atoms with Gasteiger partial charge in [0.15, 0.2) is 0 Å². The number of halogens is 1. The highest BCUT2D eigenvalue weighted by Gasteiger charge is 2.35. The molecule has 44 heavy (non-hydrogen) atoms.